The zero-order valence-corrected chi connectivity index (χ0v) is 25.2. The van der Waals surface area contributed by atoms with Crippen molar-refractivity contribution in [1.29, 1.82) is 0 Å². The highest BCUT2D eigenvalue weighted by Crippen LogP contribution is 2.47. The molecule has 1 atom stereocenters. The first-order valence-corrected chi connectivity index (χ1v) is 15.0. The van der Waals surface area contributed by atoms with Crippen LogP contribution in [0, 0.1) is 17.6 Å². The van der Waals surface area contributed by atoms with Gasteiger partial charge in [-0.3, -0.25) is 14.3 Å². The molecule has 2 aliphatic carbocycles. The van der Waals surface area contributed by atoms with Crippen LogP contribution in [0.1, 0.15) is 60.3 Å². The van der Waals surface area contributed by atoms with Gasteiger partial charge >= 0.3 is 0 Å². The van der Waals surface area contributed by atoms with E-state index in [1.54, 1.807) is 13.0 Å². The van der Waals surface area contributed by atoms with Crippen LogP contribution in [-0.2, 0) is 16.8 Å². The highest BCUT2D eigenvalue weighted by atomic mass is 35.5. The maximum absolute atomic E-state index is 15.2. The highest BCUT2D eigenvalue weighted by Gasteiger charge is 2.47. The van der Waals surface area contributed by atoms with Gasteiger partial charge in [0.15, 0.2) is 0 Å². The predicted molar refractivity (Wildman–Crippen MR) is 161 cm³/mol. The molecule has 4 aromatic rings. The molecule has 9 nitrogen and oxygen atoms in total. The molecule has 0 spiro atoms. The summed E-state index contributed by atoms with van der Waals surface area (Å²) in [5.74, 6) is -3.62. The lowest BCUT2D eigenvalue weighted by Crippen LogP contribution is -2.43. The number of aliphatic hydroxyl groups is 1. The lowest BCUT2D eigenvalue weighted by molar-refractivity contribution is -0.117. The van der Waals surface area contributed by atoms with Gasteiger partial charge in [0.05, 0.1) is 41.9 Å². The summed E-state index contributed by atoms with van der Waals surface area (Å²) in [5, 5.41) is 20.3. The number of halogens is 4. The van der Waals surface area contributed by atoms with Crippen molar-refractivity contribution in [2.24, 2.45) is 11.7 Å². The molecule has 0 unspecified atom stereocenters. The monoisotopic (exact) mass is 643 g/mol. The fourth-order valence-corrected chi connectivity index (χ4v) is 5.92. The van der Waals surface area contributed by atoms with E-state index < -0.39 is 34.6 Å². The average Bonchev–Trinajstić information content (AvgIpc) is 3.89. The van der Waals surface area contributed by atoms with Gasteiger partial charge in [0.2, 0.25) is 5.91 Å². The molecule has 2 amide bonds. The van der Waals surface area contributed by atoms with Gasteiger partial charge in [0.1, 0.15) is 34.2 Å². The molecule has 2 aliphatic rings. The summed E-state index contributed by atoms with van der Waals surface area (Å²) in [6, 6.07) is 6.84. The van der Waals surface area contributed by atoms with Crippen molar-refractivity contribution in [2.75, 3.05) is 13.2 Å². The van der Waals surface area contributed by atoms with Crippen LogP contribution in [0.5, 0.6) is 5.75 Å². The summed E-state index contributed by atoms with van der Waals surface area (Å²) in [7, 11) is 0. The average molecular weight is 645 g/mol. The van der Waals surface area contributed by atoms with E-state index in [0.717, 1.165) is 25.0 Å². The second-order valence-electron chi connectivity index (χ2n) is 11.3. The molecule has 230 valence electrons. The number of benzene rings is 2. The van der Waals surface area contributed by atoms with Crippen LogP contribution in [0.3, 0.4) is 0 Å². The highest BCUT2D eigenvalue weighted by molar-refractivity contribution is 6.35. The number of amides is 2. The number of aromatic nitrogens is 3. The van der Waals surface area contributed by atoms with Crippen LogP contribution in [0.2, 0.25) is 10.0 Å². The number of primary amides is 1. The molecule has 6 rings (SSSR count). The van der Waals surface area contributed by atoms with Gasteiger partial charge in [-0.05, 0) is 68.9 Å². The van der Waals surface area contributed by atoms with Crippen molar-refractivity contribution >= 4 is 45.9 Å². The Morgan fingerprint density at radius 1 is 1.14 bits per heavy atom. The quantitative estimate of drug-likeness (QED) is 0.198. The molecule has 44 heavy (non-hydrogen) atoms. The van der Waals surface area contributed by atoms with Gasteiger partial charge in [-0.1, -0.05) is 23.2 Å². The predicted octanol–water partition coefficient (Wildman–Crippen LogP) is 5.47. The third kappa shape index (κ3) is 5.83. The minimum atomic E-state index is -1.76. The fourth-order valence-electron chi connectivity index (χ4n) is 5.46. The Morgan fingerprint density at radius 2 is 1.84 bits per heavy atom. The van der Waals surface area contributed by atoms with E-state index in [0.29, 0.717) is 34.8 Å². The Morgan fingerprint density at radius 3 is 2.45 bits per heavy atom. The Kier molecular flexibility index (Phi) is 7.98. The molecule has 2 fully saturated rings. The smallest absolute Gasteiger partial charge is 0.251 e. The second-order valence-corrected chi connectivity index (χ2v) is 12.1. The van der Waals surface area contributed by atoms with Crippen molar-refractivity contribution in [1.82, 2.24) is 20.1 Å². The normalized spacial score (nSPS) is 16.1. The lowest BCUT2D eigenvalue weighted by Gasteiger charge is -2.30. The maximum Gasteiger partial charge on any atom is 0.251 e. The van der Waals surface area contributed by atoms with Crippen LogP contribution in [0.15, 0.2) is 36.5 Å². The van der Waals surface area contributed by atoms with E-state index >= 15 is 8.78 Å². The van der Waals surface area contributed by atoms with Crippen LogP contribution >= 0.6 is 23.2 Å². The zero-order chi connectivity index (χ0) is 31.3. The molecule has 0 radical (unpaired) electrons. The van der Waals surface area contributed by atoms with E-state index in [4.69, 9.17) is 33.7 Å². The molecule has 0 aliphatic heterocycles. The van der Waals surface area contributed by atoms with Gasteiger partial charge < -0.3 is 20.9 Å². The van der Waals surface area contributed by atoms with Crippen LogP contribution in [0.4, 0.5) is 8.78 Å². The number of nitrogens with zero attached hydrogens (tertiary/aromatic N) is 3. The van der Waals surface area contributed by atoms with Crippen LogP contribution < -0.4 is 15.8 Å². The summed E-state index contributed by atoms with van der Waals surface area (Å²) in [5.41, 5.74) is 4.01. The largest absolute Gasteiger partial charge is 0.491 e. The van der Waals surface area contributed by atoms with Crippen molar-refractivity contribution in [2.45, 2.75) is 50.7 Å². The van der Waals surface area contributed by atoms with E-state index in [9.17, 15) is 14.7 Å². The Balaban J connectivity index is 1.38. The Hall–Kier alpha value is -3.80. The van der Waals surface area contributed by atoms with Gasteiger partial charge in [0, 0.05) is 27.7 Å². The Labute approximate surface area is 261 Å². The molecular weight excluding hydrogens is 615 g/mol. The number of carbonyl (C=O) groups excluding carboxylic acids is 2. The summed E-state index contributed by atoms with van der Waals surface area (Å²) in [6.07, 6.45) is 4.82. The number of hydrogen-bond acceptors (Lipinski definition) is 6. The SMILES string of the molecule is CCOc1c(CC(N)=O)cc([C@@](O)(CNC(=O)c2cc(Cl)c3nn(C4CC4)cc3c2)C2CC2)nc1-c1c(F)cc(Cl)cc1F. The number of carbonyl (C=O) groups is 2. The summed E-state index contributed by atoms with van der Waals surface area (Å²) >= 11 is 12.3. The molecule has 2 aromatic heterocycles. The van der Waals surface area contributed by atoms with E-state index in [1.807, 2.05) is 10.9 Å². The Bertz CT molecular complexity index is 1780. The summed E-state index contributed by atoms with van der Waals surface area (Å²) in [6.45, 7) is 1.47. The minimum absolute atomic E-state index is 0.00273. The molecule has 0 saturated heterocycles. The molecule has 2 aromatic carbocycles. The first-order valence-electron chi connectivity index (χ1n) is 14.3. The lowest BCUT2D eigenvalue weighted by atomic mass is 9.90. The first kappa shape index (κ1) is 30.2. The van der Waals surface area contributed by atoms with Gasteiger partial charge in [-0.15, -0.1) is 0 Å². The number of pyridine rings is 1. The fraction of sp³-hybridized carbons (Fsp3) is 0.355. The van der Waals surface area contributed by atoms with Crippen molar-refractivity contribution in [3.05, 3.63) is 75.0 Å². The van der Waals surface area contributed by atoms with Crippen molar-refractivity contribution < 1.29 is 28.2 Å². The molecule has 2 heterocycles. The number of nitrogens with two attached hydrogens (primary N) is 1. The van der Waals surface area contributed by atoms with Crippen molar-refractivity contribution in [3.8, 4) is 17.0 Å². The maximum atomic E-state index is 15.2. The summed E-state index contributed by atoms with van der Waals surface area (Å²) < 4.78 is 38.0. The van der Waals surface area contributed by atoms with E-state index in [-0.39, 0.29) is 58.8 Å². The topological polar surface area (TPSA) is 132 Å². The third-order valence-electron chi connectivity index (χ3n) is 7.92. The molecule has 13 heteroatoms. The number of hydrogen-bond donors (Lipinski definition) is 3. The van der Waals surface area contributed by atoms with Gasteiger partial charge in [0.25, 0.3) is 5.91 Å². The van der Waals surface area contributed by atoms with Gasteiger partial charge in [-0.25, -0.2) is 13.8 Å². The minimum Gasteiger partial charge on any atom is -0.491 e. The van der Waals surface area contributed by atoms with Crippen molar-refractivity contribution in [3.63, 3.8) is 0 Å². The van der Waals surface area contributed by atoms with Gasteiger partial charge in [-0.2, -0.15) is 5.10 Å². The van der Waals surface area contributed by atoms with E-state index in [2.05, 4.69) is 15.4 Å². The molecular formula is C31H29Cl2F2N5O4. The first-order chi connectivity index (χ1) is 21.0. The van der Waals surface area contributed by atoms with Crippen LogP contribution in [0.25, 0.3) is 22.2 Å². The summed E-state index contributed by atoms with van der Waals surface area (Å²) in [4.78, 5) is 29.9. The number of fused-ring (bicyclic) bond motifs is 1. The third-order valence-corrected chi connectivity index (χ3v) is 8.43. The van der Waals surface area contributed by atoms with E-state index in [1.165, 1.54) is 12.1 Å². The zero-order valence-electron chi connectivity index (χ0n) is 23.7. The molecule has 0 bridgehead atoms. The standard InChI is InChI=1S/C31H29Cl2F2N5O4/c1-2-44-29-15(10-25(36)41)9-24(38-28(29)26-22(34)11-19(32)12-23(26)35)31(43,18-3-4-18)14-37-30(42)16-7-17-13-40(20-5-6-20)39-27(17)21(33)8-16/h7-9,11-13,18,20,43H,2-6,10,14H2,1H3,(H2,36,41)(H,37,42)/t31-/m1/s1. The molecule has 2 saturated carbocycles. The van der Waals surface area contributed by atoms with Crippen LogP contribution in [-0.4, -0.2) is 44.8 Å². The second kappa shape index (κ2) is 11.6. The molecule has 4 N–H and O–H groups in total. The number of rotatable bonds is 11. The number of ether oxygens (including phenoxy) is 1. The number of nitrogens with one attached hydrogen (secondary N) is 1.